The summed E-state index contributed by atoms with van der Waals surface area (Å²) >= 11 is 0. The Hall–Kier alpha value is -2.08. The molecular weight excluding hydrogens is 316 g/mol. The predicted molar refractivity (Wildman–Crippen MR) is 101 cm³/mol. The maximum Gasteiger partial charge on any atom is 0.315 e. The Balaban J connectivity index is 1.83. The molecule has 0 saturated carbocycles. The molecule has 1 aliphatic rings. The van der Waals surface area contributed by atoms with E-state index in [1.54, 1.807) is 4.90 Å². The fourth-order valence-electron chi connectivity index (χ4n) is 3.05. The summed E-state index contributed by atoms with van der Waals surface area (Å²) in [5.41, 5.74) is 3.27. The Morgan fingerprint density at radius 1 is 1.24 bits per heavy atom. The van der Waals surface area contributed by atoms with Gasteiger partial charge in [0.25, 0.3) is 0 Å². The van der Waals surface area contributed by atoms with Crippen LogP contribution in [0.2, 0.25) is 0 Å². The molecular formula is C19H30N4O2. The molecule has 1 saturated heterocycles. The van der Waals surface area contributed by atoms with Crippen molar-refractivity contribution in [2.24, 2.45) is 0 Å². The summed E-state index contributed by atoms with van der Waals surface area (Å²) in [7, 11) is 0. The molecule has 1 fully saturated rings. The van der Waals surface area contributed by atoms with E-state index in [-0.39, 0.29) is 18.0 Å². The van der Waals surface area contributed by atoms with E-state index in [0.29, 0.717) is 19.5 Å². The summed E-state index contributed by atoms with van der Waals surface area (Å²) < 4.78 is 0. The van der Waals surface area contributed by atoms with Crippen LogP contribution in [-0.4, -0.2) is 55.6 Å². The largest absolute Gasteiger partial charge is 0.337 e. The Morgan fingerprint density at radius 2 is 1.96 bits per heavy atom. The highest BCUT2D eigenvalue weighted by Crippen LogP contribution is 2.24. The second-order valence-corrected chi connectivity index (χ2v) is 6.60. The average Bonchev–Trinajstić information content (AvgIpc) is 2.94. The Morgan fingerprint density at radius 3 is 2.60 bits per heavy atom. The number of rotatable bonds is 7. The maximum absolute atomic E-state index is 12.3. The molecule has 138 valence electrons. The second kappa shape index (κ2) is 8.85. The molecule has 0 aromatic heterocycles. The summed E-state index contributed by atoms with van der Waals surface area (Å²) in [4.78, 5) is 28.3. The number of likely N-dealkylation sites (N-methyl/N-ethyl adjacent to an activating group) is 1. The smallest absolute Gasteiger partial charge is 0.315 e. The minimum atomic E-state index is -0.202. The molecule has 1 heterocycles. The molecule has 2 N–H and O–H groups in total. The number of anilines is 1. The first-order chi connectivity index (χ1) is 11.9. The average molecular weight is 346 g/mol. The van der Waals surface area contributed by atoms with E-state index in [1.807, 2.05) is 25.1 Å². The van der Waals surface area contributed by atoms with Crippen LogP contribution in [0.3, 0.4) is 0 Å². The number of nitrogens with one attached hydrogen (secondary N) is 2. The van der Waals surface area contributed by atoms with Gasteiger partial charge < -0.3 is 20.4 Å². The number of amides is 3. The zero-order chi connectivity index (χ0) is 18.4. The number of carbonyl (C=O) groups is 2. The van der Waals surface area contributed by atoms with Gasteiger partial charge in [0.15, 0.2) is 0 Å². The number of benzene rings is 1. The van der Waals surface area contributed by atoms with Gasteiger partial charge in [-0.15, -0.1) is 0 Å². The molecule has 1 aliphatic heterocycles. The Bertz CT molecular complexity index is 613. The van der Waals surface area contributed by atoms with Crippen LogP contribution in [0.25, 0.3) is 0 Å². The Kier molecular flexibility index (Phi) is 6.82. The van der Waals surface area contributed by atoms with Gasteiger partial charge in [0.2, 0.25) is 5.91 Å². The highest BCUT2D eigenvalue weighted by Gasteiger charge is 2.31. The molecule has 0 bridgehead atoms. The Labute approximate surface area is 150 Å². The van der Waals surface area contributed by atoms with Crippen molar-refractivity contribution >= 4 is 17.6 Å². The van der Waals surface area contributed by atoms with Crippen molar-refractivity contribution in [3.8, 4) is 0 Å². The van der Waals surface area contributed by atoms with Crippen molar-refractivity contribution in [1.29, 1.82) is 0 Å². The van der Waals surface area contributed by atoms with Crippen LogP contribution in [0.15, 0.2) is 18.2 Å². The van der Waals surface area contributed by atoms with E-state index in [9.17, 15) is 9.59 Å². The van der Waals surface area contributed by atoms with E-state index in [1.165, 1.54) is 5.56 Å². The zero-order valence-corrected chi connectivity index (χ0v) is 15.8. The highest BCUT2D eigenvalue weighted by molar-refractivity contribution is 5.96. The molecule has 6 heteroatoms. The van der Waals surface area contributed by atoms with E-state index in [4.69, 9.17) is 0 Å². The molecule has 1 aromatic rings. The highest BCUT2D eigenvalue weighted by atomic mass is 16.2. The van der Waals surface area contributed by atoms with Crippen LogP contribution in [-0.2, 0) is 4.79 Å². The predicted octanol–water partition coefficient (Wildman–Crippen LogP) is 2.05. The minimum Gasteiger partial charge on any atom is -0.337 e. The van der Waals surface area contributed by atoms with Gasteiger partial charge >= 0.3 is 6.03 Å². The second-order valence-electron chi connectivity index (χ2n) is 6.60. The standard InChI is InChI=1S/C19H30N4O2/c1-5-22(6-2)10-9-20-19(25)21-16-12-18(24)23(13-16)17-8-7-14(3)15(4)11-17/h7-8,11,16H,5-6,9-10,12-13H2,1-4H3,(H2,20,21,25)/t16-/m1/s1. The normalized spacial score (nSPS) is 17.2. The van der Waals surface area contributed by atoms with Crippen LogP contribution < -0.4 is 15.5 Å². The number of nitrogens with zero attached hydrogens (tertiary/aromatic N) is 2. The molecule has 3 amide bonds. The summed E-state index contributed by atoms with van der Waals surface area (Å²) in [6.45, 7) is 12.2. The topological polar surface area (TPSA) is 64.7 Å². The van der Waals surface area contributed by atoms with Crippen molar-refractivity contribution < 1.29 is 9.59 Å². The molecule has 0 aliphatic carbocycles. The molecule has 1 aromatic carbocycles. The number of urea groups is 1. The van der Waals surface area contributed by atoms with Crippen molar-refractivity contribution in [3.63, 3.8) is 0 Å². The van der Waals surface area contributed by atoms with Gasteiger partial charge in [-0.2, -0.15) is 0 Å². The summed E-state index contributed by atoms with van der Waals surface area (Å²) in [5.74, 6) is 0.0525. The molecule has 0 spiro atoms. The van der Waals surface area contributed by atoms with Crippen LogP contribution in [0.5, 0.6) is 0 Å². The van der Waals surface area contributed by atoms with Gasteiger partial charge in [0.1, 0.15) is 0 Å². The number of hydrogen-bond donors (Lipinski definition) is 2. The fourth-order valence-corrected chi connectivity index (χ4v) is 3.05. The van der Waals surface area contributed by atoms with Crippen molar-refractivity contribution in [2.45, 2.75) is 40.2 Å². The van der Waals surface area contributed by atoms with Crippen molar-refractivity contribution in [2.75, 3.05) is 37.6 Å². The lowest BCUT2D eigenvalue weighted by Crippen LogP contribution is -2.45. The third-order valence-corrected chi connectivity index (χ3v) is 4.87. The van der Waals surface area contributed by atoms with Gasteiger partial charge in [-0.3, -0.25) is 4.79 Å². The minimum absolute atomic E-state index is 0.0525. The first kappa shape index (κ1) is 19.2. The number of hydrogen-bond acceptors (Lipinski definition) is 3. The van der Waals surface area contributed by atoms with Gasteiger partial charge in [0.05, 0.1) is 6.04 Å². The first-order valence-electron chi connectivity index (χ1n) is 9.08. The summed E-state index contributed by atoms with van der Waals surface area (Å²) in [6.07, 6.45) is 0.344. The van der Waals surface area contributed by atoms with Crippen molar-refractivity contribution in [1.82, 2.24) is 15.5 Å². The molecule has 25 heavy (non-hydrogen) atoms. The third-order valence-electron chi connectivity index (χ3n) is 4.87. The van der Waals surface area contributed by atoms with Gasteiger partial charge in [-0.1, -0.05) is 19.9 Å². The molecule has 6 nitrogen and oxygen atoms in total. The summed E-state index contributed by atoms with van der Waals surface area (Å²) in [6, 6.07) is 5.67. The van der Waals surface area contributed by atoms with Crippen LogP contribution in [0.1, 0.15) is 31.4 Å². The van der Waals surface area contributed by atoms with Crippen LogP contribution in [0, 0.1) is 13.8 Å². The lowest BCUT2D eigenvalue weighted by molar-refractivity contribution is -0.117. The number of carbonyl (C=O) groups excluding carboxylic acids is 2. The first-order valence-corrected chi connectivity index (χ1v) is 9.08. The van der Waals surface area contributed by atoms with Crippen molar-refractivity contribution in [3.05, 3.63) is 29.3 Å². The van der Waals surface area contributed by atoms with E-state index in [0.717, 1.165) is 30.9 Å². The van der Waals surface area contributed by atoms with Crippen LogP contribution in [0.4, 0.5) is 10.5 Å². The quantitative estimate of drug-likeness (QED) is 0.794. The monoisotopic (exact) mass is 346 g/mol. The van der Waals surface area contributed by atoms with Gasteiger partial charge in [-0.25, -0.2) is 4.79 Å². The maximum atomic E-state index is 12.3. The molecule has 0 radical (unpaired) electrons. The lowest BCUT2D eigenvalue weighted by atomic mass is 10.1. The molecule has 2 rings (SSSR count). The van der Waals surface area contributed by atoms with Crippen LogP contribution >= 0.6 is 0 Å². The van der Waals surface area contributed by atoms with Gasteiger partial charge in [-0.05, 0) is 50.2 Å². The van der Waals surface area contributed by atoms with E-state index < -0.39 is 0 Å². The lowest BCUT2D eigenvalue weighted by Gasteiger charge is -2.20. The molecule has 0 unspecified atom stereocenters. The number of aryl methyl sites for hydroxylation is 2. The molecule has 1 atom stereocenters. The summed E-state index contributed by atoms with van der Waals surface area (Å²) in [5, 5.41) is 5.79. The van der Waals surface area contributed by atoms with E-state index >= 15 is 0 Å². The third kappa shape index (κ3) is 5.19. The SMILES string of the molecule is CCN(CC)CCNC(=O)N[C@@H]1CC(=O)N(c2ccc(C)c(C)c2)C1. The van der Waals surface area contributed by atoms with Gasteiger partial charge in [0, 0.05) is 31.7 Å². The zero-order valence-electron chi connectivity index (χ0n) is 15.8. The van der Waals surface area contributed by atoms with E-state index in [2.05, 4.69) is 36.3 Å². The fraction of sp³-hybridized carbons (Fsp3) is 0.579.